The molecule has 0 aliphatic carbocycles. The number of hydrogen-bond donors (Lipinski definition) is 2. The second-order valence-corrected chi connectivity index (χ2v) is 5.52. The predicted octanol–water partition coefficient (Wildman–Crippen LogP) is 3.00. The second kappa shape index (κ2) is 10.0. The molecule has 0 spiro atoms. The van der Waals surface area contributed by atoms with Crippen LogP contribution in [0.5, 0.6) is 0 Å². The van der Waals surface area contributed by atoms with Crippen molar-refractivity contribution in [3.05, 3.63) is 46.5 Å². The fourth-order valence-electron chi connectivity index (χ4n) is 1.84. The molecule has 0 saturated heterocycles. The Balaban J connectivity index is 1.60. The number of nitrogens with one attached hydrogen (secondary N) is 2. The van der Waals surface area contributed by atoms with Gasteiger partial charge >= 0.3 is 0 Å². The van der Waals surface area contributed by atoms with Crippen LogP contribution in [0, 0.1) is 0 Å². The van der Waals surface area contributed by atoms with Crippen LogP contribution in [0.3, 0.4) is 0 Å². The van der Waals surface area contributed by atoms with Crippen LogP contribution in [0.4, 0.5) is 0 Å². The molecule has 5 nitrogen and oxygen atoms in total. The summed E-state index contributed by atoms with van der Waals surface area (Å²) in [5.74, 6) is 1.71. The van der Waals surface area contributed by atoms with Crippen molar-refractivity contribution in [3.8, 4) is 0 Å². The number of nitrogens with zero attached hydrogens (tertiary/aromatic N) is 1. The zero-order chi connectivity index (χ0) is 15.5. The van der Waals surface area contributed by atoms with E-state index in [-0.39, 0.29) is 0 Å². The van der Waals surface area contributed by atoms with Gasteiger partial charge in [0.1, 0.15) is 12.4 Å². The van der Waals surface area contributed by atoms with Gasteiger partial charge in [0, 0.05) is 19.7 Å². The monoisotopic (exact) mass is 321 g/mol. The molecule has 22 heavy (non-hydrogen) atoms. The van der Waals surface area contributed by atoms with E-state index in [2.05, 4.69) is 39.4 Å². The van der Waals surface area contributed by atoms with Crippen LogP contribution < -0.4 is 10.6 Å². The number of ether oxygens (including phenoxy) is 1. The third kappa shape index (κ3) is 6.32. The van der Waals surface area contributed by atoms with Crippen LogP contribution in [0.2, 0.25) is 0 Å². The van der Waals surface area contributed by atoms with Crippen molar-refractivity contribution in [1.29, 1.82) is 0 Å². The summed E-state index contributed by atoms with van der Waals surface area (Å²) in [6.07, 6.45) is 2.58. The van der Waals surface area contributed by atoms with E-state index in [1.165, 1.54) is 5.56 Å². The second-order valence-electron chi connectivity index (χ2n) is 4.74. The van der Waals surface area contributed by atoms with Gasteiger partial charge in [-0.3, -0.25) is 0 Å². The Labute approximate surface area is 135 Å². The molecule has 120 valence electrons. The maximum absolute atomic E-state index is 5.55. The van der Waals surface area contributed by atoms with Crippen LogP contribution >= 0.6 is 11.3 Å². The Morgan fingerprint density at radius 3 is 3.05 bits per heavy atom. The Hall–Kier alpha value is -1.79. The van der Waals surface area contributed by atoms with E-state index in [0.717, 1.165) is 31.2 Å². The van der Waals surface area contributed by atoms with E-state index in [1.807, 2.05) is 12.1 Å². The molecule has 0 radical (unpaired) electrons. The van der Waals surface area contributed by atoms with E-state index < -0.39 is 0 Å². The molecular formula is C16H23N3O2S. The molecular weight excluding hydrogens is 298 g/mol. The van der Waals surface area contributed by atoms with Gasteiger partial charge in [0.15, 0.2) is 5.96 Å². The first-order chi connectivity index (χ1) is 10.9. The smallest absolute Gasteiger partial charge is 0.191 e. The lowest BCUT2D eigenvalue weighted by Crippen LogP contribution is -2.38. The molecule has 2 heterocycles. The van der Waals surface area contributed by atoms with Gasteiger partial charge in [-0.1, -0.05) is 0 Å². The highest BCUT2D eigenvalue weighted by atomic mass is 32.1. The van der Waals surface area contributed by atoms with Crippen molar-refractivity contribution in [2.24, 2.45) is 4.99 Å². The van der Waals surface area contributed by atoms with Gasteiger partial charge in [-0.2, -0.15) is 11.3 Å². The molecule has 6 heteroatoms. The largest absolute Gasteiger partial charge is 0.467 e. The lowest BCUT2D eigenvalue weighted by atomic mass is 10.3. The first-order valence-electron chi connectivity index (χ1n) is 7.52. The lowest BCUT2D eigenvalue weighted by Gasteiger charge is -2.11. The summed E-state index contributed by atoms with van der Waals surface area (Å²) in [6, 6.07) is 5.88. The van der Waals surface area contributed by atoms with Crippen molar-refractivity contribution in [1.82, 2.24) is 10.6 Å². The minimum Gasteiger partial charge on any atom is -0.467 e. The Kier molecular flexibility index (Phi) is 7.55. The van der Waals surface area contributed by atoms with Gasteiger partial charge in [-0.25, -0.2) is 4.99 Å². The molecule has 0 atom stereocenters. The summed E-state index contributed by atoms with van der Waals surface area (Å²) >= 11 is 1.70. The number of hydrogen-bond acceptors (Lipinski definition) is 4. The fourth-order valence-corrected chi connectivity index (χ4v) is 2.50. The van der Waals surface area contributed by atoms with E-state index in [9.17, 15) is 0 Å². The highest BCUT2D eigenvalue weighted by Crippen LogP contribution is 2.06. The summed E-state index contributed by atoms with van der Waals surface area (Å²) in [4.78, 5) is 4.56. The standard InChI is InChI=1S/C16H23N3O2S/c1-2-17-16(19-11-14-6-10-22-13-14)18-7-4-8-20-12-15-5-3-9-21-15/h3,5-6,9-10,13H,2,4,7-8,11-12H2,1H3,(H2,17,18,19). The van der Waals surface area contributed by atoms with Crippen molar-refractivity contribution < 1.29 is 9.15 Å². The Bertz CT molecular complexity index is 524. The van der Waals surface area contributed by atoms with E-state index in [0.29, 0.717) is 19.8 Å². The maximum Gasteiger partial charge on any atom is 0.191 e. The number of thiophene rings is 1. The van der Waals surface area contributed by atoms with Crippen molar-refractivity contribution in [3.63, 3.8) is 0 Å². The van der Waals surface area contributed by atoms with Gasteiger partial charge in [0.2, 0.25) is 0 Å². The molecule has 2 N–H and O–H groups in total. The molecule has 0 aliphatic rings. The maximum atomic E-state index is 5.55. The van der Waals surface area contributed by atoms with Gasteiger partial charge in [0.25, 0.3) is 0 Å². The number of furan rings is 1. The predicted molar refractivity (Wildman–Crippen MR) is 90.1 cm³/mol. The van der Waals surface area contributed by atoms with Crippen LogP contribution in [0.1, 0.15) is 24.7 Å². The minimum absolute atomic E-state index is 0.527. The third-order valence-electron chi connectivity index (χ3n) is 2.93. The van der Waals surface area contributed by atoms with Crippen LogP contribution in [0.15, 0.2) is 44.6 Å². The first-order valence-corrected chi connectivity index (χ1v) is 8.46. The molecule has 2 aromatic heterocycles. The highest BCUT2D eigenvalue weighted by molar-refractivity contribution is 7.07. The molecule has 0 saturated carbocycles. The summed E-state index contributed by atoms with van der Waals surface area (Å²) in [6.45, 7) is 5.66. The molecule has 0 amide bonds. The zero-order valence-electron chi connectivity index (χ0n) is 12.9. The van der Waals surface area contributed by atoms with Gasteiger partial charge < -0.3 is 19.8 Å². The Morgan fingerprint density at radius 2 is 2.32 bits per heavy atom. The zero-order valence-corrected chi connectivity index (χ0v) is 13.7. The number of guanidine groups is 1. The molecule has 0 fully saturated rings. The van der Waals surface area contributed by atoms with Crippen LogP contribution in [-0.2, 0) is 17.9 Å². The lowest BCUT2D eigenvalue weighted by molar-refractivity contribution is 0.105. The quantitative estimate of drug-likeness (QED) is 0.423. The van der Waals surface area contributed by atoms with E-state index in [1.54, 1.807) is 17.6 Å². The molecule has 0 unspecified atom stereocenters. The molecule has 0 aliphatic heterocycles. The van der Waals surface area contributed by atoms with Gasteiger partial charge in [0.05, 0.1) is 12.8 Å². The van der Waals surface area contributed by atoms with E-state index in [4.69, 9.17) is 9.15 Å². The molecule has 0 bridgehead atoms. The SMILES string of the molecule is CCNC(=NCc1ccsc1)NCCCOCc1ccco1. The number of aliphatic imine (C=N–C) groups is 1. The molecule has 2 aromatic rings. The summed E-state index contributed by atoms with van der Waals surface area (Å²) < 4.78 is 10.8. The topological polar surface area (TPSA) is 58.8 Å². The summed E-state index contributed by atoms with van der Waals surface area (Å²) in [5.41, 5.74) is 1.24. The van der Waals surface area contributed by atoms with E-state index >= 15 is 0 Å². The average molecular weight is 321 g/mol. The van der Waals surface area contributed by atoms with Crippen LogP contribution in [-0.4, -0.2) is 25.7 Å². The first kappa shape index (κ1) is 16.6. The summed E-state index contributed by atoms with van der Waals surface area (Å²) in [7, 11) is 0. The third-order valence-corrected chi connectivity index (χ3v) is 3.66. The average Bonchev–Trinajstić information content (AvgIpc) is 3.21. The minimum atomic E-state index is 0.527. The van der Waals surface area contributed by atoms with Gasteiger partial charge in [-0.05, 0) is 47.9 Å². The molecule has 2 rings (SSSR count). The Morgan fingerprint density at radius 1 is 1.36 bits per heavy atom. The normalized spacial score (nSPS) is 11.6. The van der Waals surface area contributed by atoms with Crippen LogP contribution in [0.25, 0.3) is 0 Å². The van der Waals surface area contributed by atoms with Crippen molar-refractivity contribution in [2.45, 2.75) is 26.5 Å². The highest BCUT2D eigenvalue weighted by Gasteiger charge is 1.99. The number of rotatable bonds is 9. The molecule has 0 aromatic carbocycles. The van der Waals surface area contributed by atoms with Crippen molar-refractivity contribution >= 4 is 17.3 Å². The van der Waals surface area contributed by atoms with Gasteiger partial charge in [-0.15, -0.1) is 0 Å². The summed E-state index contributed by atoms with van der Waals surface area (Å²) in [5, 5.41) is 10.8. The van der Waals surface area contributed by atoms with Crippen molar-refractivity contribution in [2.75, 3.05) is 19.7 Å². The fraction of sp³-hybridized carbons (Fsp3) is 0.438.